The van der Waals surface area contributed by atoms with E-state index in [0.717, 1.165) is 0 Å². The van der Waals surface area contributed by atoms with Gasteiger partial charge in [-0.05, 0) is 0 Å². The maximum absolute atomic E-state index is 9.83. The Kier molecular flexibility index (Phi) is 6.91. The number of likely N-dealkylation sites (N-methyl/N-ethyl adjacent to an activating group) is 1. The maximum Gasteiger partial charge on any atom is 0.186 e. The van der Waals surface area contributed by atoms with Crippen LogP contribution in [0.5, 0.6) is 0 Å². The summed E-state index contributed by atoms with van der Waals surface area (Å²) in [7, 11) is 5.79. The fourth-order valence-electron chi connectivity index (χ4n) is 2.14. The number of nitrogens with zero attached hydrogens (tertiary/aromatic N) is 1. The third kappa shape index (κ3) is 5.74. The minimum atomic E-state index is -1.50. The predicted molar refractivity (Wildman–Crippen MR) is 71.8 cm³/mol. The van der Waals surface area contributed by atoms with Gasteiger partial charge < -0.3 is 34.8 Å². The molecular formula is C12H27N2O7+. The van der Waals surface area contributed by atoms with Crippen molar-refractivity contribution in [1.29, 1.82) is 0 Å². The molecule has 0 amide bonds. The van der Waals surface area contributed by atoms with Gasteiger partial charge in [0.25, 0.3) is 0 Å². The lowest BCUT2D eigenvalue weighted by atomic mass is 9.99. The molecule has 9 heteroatoms. The van der Waals surface area contributed by atoms with Crippen LogP contribution in [0.4, 0.5) is 0 Å². The van der Waals surface area contributed by atoms with E-state index in [1.54, 1.807) is 0 Å². The average Bonchev–Trinajstić information content (AvgIpc) is 2.35. The first-order valence-corrected chi connectivity index (χ1v) is 6.83. The highest BCUT2D eigenvalue weighted by Crippen LogP contribution is 2.21. The van der Waals surface area contributed by atoms with Crippen LogP contribution in [-0.4, -0.2) is 108 Å². The van der Waals surface area contributed by atoms with E-state index in [-0.39, 0.29) is 6.54 Å². The quantitative estimate of drug-likeness (QED) is 0.210. The Balaban J connectivity index is 2.41. The van der Waals surface area contributed by atoms with E-state index in [1.165, 1.54) is 0 Å². The number of hydrogen-bond donors (Lipinski definition) is 6. The van der Waals surface area contributed by atoms with Crippen molar-refractivity contribution < 1.29 is 39.6 Å². The lowest BCUT2D eigenvalue weighted by molar-refractivity contribution is -0.873. The fraction of sp³-hybridized carbons (Fsp3) is 1.00. The summed E-state index contributed by atoms with van der Waals surface area (Å²) in [6.07, 6.45) is -7.27. The van der Waals surface area contributed by atoms with Crippen LogP contribution >= 0.6 is 0 Å². The van der Waals surface area contributed by atoms with Gasteiger partial charge in [0, 0.05) is 0 Å². The minimum Gasteiger partial charge on any atom is -0.394 e. The predicted octanol–water partition coefficient (Wildman–Crippen LogP) is -3.63. The Morgan fingerprint density at radius 2 is 1.81 bits per heavy atom. The molecule has 1 saturated heterocycles. The molecule has 126 valence electrons. The van der Waals surface area contributed by atoms with Crippen molar-refractivity contribution in [3.05, 3.63) is 0 Å². The van der Waals surface area contributed by atoms with Gasteiger partial charge in [-0.1, -0.05) is 0 Å². The van der Waals surface area contributed by atoms with E-state index < -0.39 is 43.4 Å². The Bertz CT molecular complexity index is 312. The third-order valence-electron chi connectivity index (χ3n) is 3.14. The number of hydrogen-bond acceptors (Lipinski definition) is 8. The summed E-state index contributed by atoms with van der Waals surface area (Å²) in [6.45, 7) is 0.0421. The number of quaternary nitrogens is 1. The van der Waals surface area contributed by atoms with E-state index in [9.17, 15) is 20.4 Å². The van der Waals surface area contributed by atoms with E-state index in [2.05, 4.69) is 5.48 Å². The van der Waals surface area contributed by atoms with Crippen molar-refractivity contribution in [3.8, 4) is 0 Å². The molecule has 0 spiro atoms. The van der Waals surface area contributed by atoms with Gasteiger partial charge in [-0.15, -0.1) is 0 Å². The number of aliphatic hydroxyl groups is 5. The van der Waals surface area contributed by atoms with Gasteiger partial charge in [0.05, 0.1) is 34.3 Å². The lowest BCUT2D eigenvalue weighted by Crippen LogP contribution is -2.60. The molecule has 6 N–H and O–H groups in total. The number of aliphatic hydroxyl groups excluding tert-OH is 5. The van der Waals surface area contributed by atoms with Gasteiger partial charge in [-0.25, -0.2) is 0 Å². The first kappa shape index (κ1) is 18.7. The Morgan fingerprint density at radius 3 is 2.33 bits per heavy atom. The van der Waals surface area contributed by atoms with Gasteiger partial charge >= 0.3 is 0 Å². The molecular weight excluding hydrogens is 284 g/mol. The van der Waals surface area contributed by atoms with Crippen molar-refractivity contribution >= 4 is 0 Å². The van der Waals surface area contributed by atoms with Gasteiger partial charge in [0.15, 0.2) is 12.4 Å². The molecule has 0 aliphatic carbocycles. The van der Waals surface area contributed by atoms with Crippen LogP contribution in [0.1, 0.15) is 0 Å². The van der Waals surface area contributed by atoms with Crippen LogP contribution < -0.4 is 5.48 Å². The largest absolute Gasteiger partial charge is 0.394 e. The standard InChI is InChI=1S/C12H27N2O7/c1-14(2,3)5-7(16)4-13-21-11-10(18)9(17)8(6-15)20-12(11)19/h7-13,15-19H,4-6H2,1-3H3/q+1/t7?,8-,9-,10+,11-,12-/m1/s1. The van der Waals surface area contributed by atoms with E-state index in [0.29, 0.717) is 11.0 Å². The molecule has 1 aliphatic rings. The van der Waals surface area contributed by atoms with E-state index >= 15 is 0 Å². The van der Waals surface area contributed by atoms with Crippen molar-refractivity contribution in [1.82, 2.24) is 5.48 Å². The van der Waals surface area contributed by atoms with Crippen LogP contribution in [0.25, 0.3) is 0 Å². The molecule has 0 aromatic rings. The number of nitrogens with one attached hydrogen (secondary N) is 1. The first-order valence-electron chi connectivity index (χ1n) is 6.83. The summed E-state index contributed by atoms with van der Waals surface area (Å²) in [4.78, 5) is 5.07. The van der Waals surface area contributed by atoms with Crippen molar-refractivity contribution in [3.63, 3.8) is 0 Å². The second-order valence-electron chi connectivity index (χ2n) is 6.29. The Morgan fingerprint density at radius 1 is 1.19 bits per heavy atom. The first-order chi connectivity index (χ1) is 9.65. The minimum absolute atomic E-state index is 0.0883. The van der Waals surface area contributed by atoms with Crippen molar-refractivity contribution in [2.75, 3.05) is 40.8 Å². The van der Waals surface area contributed by atoms with E-state index in [1.807, 2.05) is 21.1 Å². The highest BCUT2D eigenvalue weighted by molar-refractivity contribution is 4.89. The van der Waals surface area contributed by atoms with Crippen LogP contribution in [0.2, 0.25) is 0 Å². The summed E-state index contributed by atoms with van der Waals surface area (Å²) in [5.41, 5.74) is 2.46. The molecule has 0 aromatic heterocycles. The fourth-order valence-corrected chi connectivity index (χ4v) is 2.14. The Hall–Kier alpha value is -0.360. The maximum atomic E-state index is 9.83. The van der Waals surface area contributed by atoms with Gasteiger partial charge in [0.1, 0.15) is 31.0 Å². The second kappa shape index (κ2) is 7.77. The van der Waals surface area contributed by atoms with Crippen molar-refractivity contribution in [2.45, 2.75) is 36.8 Å². The van der Waals surface area contributed by atoms with E-state index in [4.69, 9.17) is 14.7 Å². The zero-order valence-electron chi connectivity index (χ0n) is 12.6. The van der Waals surface area contributed by atoms with Gasteiger partial charge in [0.2, 0.25) is 0 Å². The zero-order chi connectivity index (χ0) is 16.2. The molecule has 1 aliphatic heterocycles. The third-order valence-corrected chi connectivity index (χ3v) is 3.14. The summed E-state index contributed by atoms with van der Waals surface area (Å²) >= 11 is 0. The molecule has 1 rings (SSSR count). The molecule has 9 nitrogen and oxygen atoms in total. The molecule has 0 radical (unpaired) electrons. The monoisotopic (exact) mass is 311 g/mol. The normalized spacial score (nSPS) is 35.7. The van der Waals surface area contributed by atoms with Crippen LogP contribution in [-0.2, 0) is 9.57 Å². The zero-order valence-corrected chi connectivity index (χ0v) is 12.6. The summed E-state index contributed by atoms with van der Waals surface area (Å²) < 4.78 is 5.50. The number of rotatable bonds is 7. The summed E-state index contributed by atoms with van der Waals surface area (Å²) in [6, 6.07) is 0. The highest BCUT2D eigenvalue weighted by Gasteiger charge is 2.44. The molecule has 0 bridgehead atoms. The average molecular weight is 311 g/mol. The number of hydroxylamine groups is 1. The van der Waals surface area contributed by atoms with Crippen molar-refractivity contribution in [2.24, 2.45) is 0 Å². The smallest absolute Gasteiger partial charge is 0.186 e. The highest BCUT2D eigenvalue weighted by atomic mass is 16.7. The summed E-state index contributed by atoms with van der Waals surface area (Å²) in [5.74, 6) is 0. The van der Waals surface area contributed by atoms with Gasteiger partial charge in [-0.3, -0.25) is 4.84 Å². The molecule has 1 unspecified atom stereocenters. The number of ether oxygens (including phenoxy) is 1. The molecule has 21 heavy (non-hydrogen) atoms. The van der Waals surface area contributed by atoms with Gasteiger partial charge in [-0.2, -0.15) is 5.48 Å². The summed E-state index contributed by atoms with van der Waals surface area (Å²) in [5, 5.41) is 47.9. The molecule has 0 saturated carbocycles. The lowest BCUT2D eigenvalue weighted by Gasteiger charge is -2.39. The molecule has 1 fully saturated rings. The molecule has 6 atom stereocenters. The second-order valence-corrected chi connectivity index (χ2v) is 6.29. The SMILES string of the molecule is C[N+](C)(C)CC(O)CNO[C@@H]1[C@@H](O)[C@H](O)[C@@H](CO)O[C@H]1O. The topological polar surface area (TPSA) is 132 Å². The van der Waals surface area contributed by atoms with Crippen LogP contribution in [0, 0.1) is 0 Å². The molecule has 0 aromatic carbocycles. The van der Waals surface area contributed by atoms with Crippen LogP contribution in [0.15, 0.2) is 0 Å². The Labute approximate surface area is 123 Å². The van der Waals surface area contributed by atoms with Crippen LogP contribution in [0.3, 0.4) is 0 Å². The molecule has 1 heterocycles.